The summed E-state index contributed by atoms with van der Waals surface area (Å²) in [6.45, 7) is 4.00. The van der Waals surface area contributed by atoms with Crippen LogP contribution in [0.4, 0.5) is 5.69 Å². The number of hydrogen-bond donors (Lipinski definition) is 1. The first-order valence-electron chi connectivity index (χ1n) is 11.8. The van der Waals surface area contributed by atoms with E-state index in [2.05, 4.69) is 33.5 Å². The lowest BCUT2D eigenvalue weighted by Gasteiger charge is -2.22. The zero-order valence-electron chi connectivity index (χ0n) is 20.3. The highest BCUT2D eigenvalue weighted by molar-refractivity contribution is 5.96. The van der Waals surface area contributed by atoms with Gasteiger partial charge in [0.2, 0.25) is 0 Å². The van der Waals surface area contributed by atoms with E-state index in [9.17, 15) is 4.79 Å². The van der Waals surface area contributed by atoms with E-state index in [0.717, 1.165) is 44.9 Å². The molecular weight excluding hydrogens is 450 g/mol. The van der Waals surface area contributed by atoms with Gasteiger partial charge < -0.3 is 5.32 Å². The predicted octanol–water partition coefficient (Wildman–Crippen LogP) is 4.92. The van der Waals surface area contributed by atoms with Crippen molar-refractivity contribution >= 4 is 22.1 Å². The molecule has 0 aliphatic carbocycles. The Morgan fingerprint density at radius 2 is 1.81 bits per heavy atom. The van der Waals surface area contributed by atoms with Gasteiger partial charge in [0.1, 0.15) is 0 Å². The SMILES string of the molecule is Cc1cn2nccc(NC(C)c3cc4cccc(-c5cnn(C)c5)c4c(=O)n3-c3ccccc3)c2n1. The molecule has 4 heterocycles. The van der Waals surface area contributed by atoms with Gasteiger partial charge in [0, 0.05) is 30.2 Å². The van der Waals surface area contributed by atoms with Crippen molar-refractivity contribution in [3.8, 4) is 16.8 Å². The van der Waals surface area contributed by atoms with E-state index in [1.54, 1.807) is 26.2 Å². The molecule has 0 bridgehead atoms. The van der Waals surface area contributed by atoms with Crippen LogP contribution >= 0.6 is 0 Å². The zero-order chi connectivity index (χ0) is 24.8. The van der Waals surface area contributed by atoms with Gasteiger partial charge in [-0.15, -0.1) is 0 Å². The highest BCUT2D eigenvalue weighted by atomic mass is 16.1. The normalized spacial score (nSPS) is 12.3. The molecule has 1 N–H and O–H groups in total. The molecule has 36 heavy (non-hydrogen) atoms. The van der Waals surface area contributed by atoms with Crippen LogP contribution in [0.1, 0.15) is 24.4 Å². The number of fused-ring (bicyclic) bond motifs is 2. The first-order valence-corrected chi connectivity index (χ1v) is 11.8. The van der Waals surface area contributed by atoms with E-state index >= 15 is 0 Å². The fourth-order valence-electron chi connectivity index (χ4n) is 4.78. The molecule has 0 saturated carbocycles. The van der Waals surface area contributed by atoms with Crippen LogP contribution in [0.2, 0.25) is 0 Å². The van der Waals surface area contributed by atoms with Crippen LogP contribution in [0, 0.1) is 6.92 Å². The lowest BCUT2D eigenvalue weighted by atomic mass is 9.99. The Bertz CT molecular complexity index is 1780. The number of aryl methyl sites for hydroxylation is 2. The van der Waals surface area contributed by atoms with Gasteiger partial charge in [-0.2, -0.15) is 10.2 Å². The maximum Gasteiger partial charge on any atom is 0.263 e. The molecule has 6 rings (SSSR count). The first kappa shape index (κ1) is 21.8. The van der Waals surface area contributed by atoms with Crippen molar-refractivity contribution < 1.29 is 0 Å². The van der Waals surface area contributed by atoms with Crippen LogP contribution in [0.15, 0.2) is 90.2 Å². The Kier molecular flexibility index (Phi) is 5.14. The average Bonchev–Trinajstić information content (AvgIpc) is 3.49. The number of nitrogens with zero attached hydrogens (tertiary/aromatic N) is 6. The van der Waals surface area contributed by atoms with E-state index in [4.69, 9.17) is 0 Å². The fraction of sp³-hybridized carbons (Fsp3) is 0.143. The molecule has 0 saturated heterocycles. The molecule has 1 atom stereocenters. The fourth-order valence-corrected chi connectivity index (χ4v) is 4.78. The van der Waals surface area contributed by atoms with E-state index in [0.29, 0.717) is 5.39 Å². The lowest BCUT2D eigenvalue weighted by molar-refractivity contribution is 0.768. The third kappa shape index (κ3) is 3.63. The molecule has 8 nitrogen and oxygen atoms in total. The lowest BCUT2D eigenvalue weighted by Crippen LogP contribution is -2.26. The maximum atomic E-state index is 14.2. The van der Waals surface area contributed by atoms with Crippen LogP contribution in [0.5, 0.6) is 0 Å². The first-order chi connectivity index (χ1) is 17.5. The summed E-state index contributed by atoms with van der Waals surface area (Å²) in [5, 5.41) is 13.8. The standard InChI is InChI=1S/C28H25N7O/c1-18-16-34-27(31-18)24(12-13-29-34)32-19(2)25-14-20-8-7-11-23(21-15-30-33(3)17-21)26(20)28(36)35(25)22-9-5-4-6-10-22/h4-17,19,32H,1-3H3. The number of para-hydroxylation sites is 1. The third-order valence-electron chi connectivity index (χ3n) is 6.40. The number of hydrogen-bond acceptors (Lipinski definition) is 5. The van der Waals surface area contributed by atoms with Crippen molar-refractivity contribution in [1.29, 1.82) is 0 Å². The summed E-state index contributed by atoms with van der Waals surface area (Å²) in [5.41, 5.74) is 5.85. The summed E-state index contributed by atoms with van der Waals surface area (Å²) in [7, 11) is 1.87. The summed E-state index contributed by atoms with van der Waals surface area (Å²) in [4.78, 5) is 18.8. The van der Waals surface area contributed by atoms with Crippen molar-refractivity contribution in [2.24, 2.45) is 7.05 Å². The van der Waals surface area contributed by atoms with Crippen LogP contribution < -0.4 is 10.9 Å². The second kappa shape index (κ2) is 8.49. The Morgan fingerprint density at radius 3 is 2.58 bits per heavy atom. The minimum atomic E-state index is -0.201. The molecule has 6 aromatic rings. The molecule has 0 amide bonds. The molecule has 4 aromatic heterocycles. The second-order valence-electron chi connectivity index (χ2n) is 8.98. The van der Waals surface area contributed by atoms with Gasteiger partial charge in [0.15, 0.2) is 5.65 Å². The Morgan fingerprint density at radius 1 is 0.972 bits per heavy atom. The average molecular weight is 476 g/mol. The minimum absolute atomic E-state index is 0.0710. The molecular formula is C28H25N7O. The number of aromatic nitrogens is 6. The molecule has 0 aliphatic heterocycles. The van der Waals surface area contributed by atoms with E-state index in [1.165, 1.54) is 0 Å². The number of anilines is 1. The highest BCUT2D eigenvalue weighted by Crippen LogP contribution is 2.30. The van der Waals surface area contributed by atoms with Crippen LogP contribution in [-0.2, 0) is 7.05 Å². The molecule has 178 valence electrons. The maximum absolute atomic E-state index is 14.2. The number of benzene rings is 2. The van der Waals surface area contributed by atoms with Crippen molar-refractivity contribution in [3.63, 3.8) is 0 Å². The number of nitrogens with one attached hydrogen (secondary N) is 1. The van der Waals surface area contributed by atoms with E-state index < -0.39 is 0 Å². The van der Waals surface area contributed by atoms with Crippen molar-refractivity contribution in [3.05, 3.63) is 107 Å². The smallest absolute Gasteiger partial charge is 0.263 e. The quantitative estimate of drug-likeness (QED) is 0.383. The van der Waals surface area contributed by atoms with E-state index in [1.807, 2.05) is 81.0 Å². The summed E-state index contributed by atoms with van der Waals surface area (Å²) >= 11 is 0. The van der Waals surface area contributed by atoms with Gasteiger partial charge in [0.05, 0.1) is 41.4 Å². The third-order valence-corrected chi connectivity index (χ3v) is 6.40. The molecule has 0 radical (unpaired) electrons. The van der Waals surface area contributed by atoms with Gasteiger partial charge in [-0.25, -0.2) is 9.50 Å². The van der Waals surface area contributed by atoms with E-state index in [-0.39, 0.29) is 11.6 Å². The summed E-state index contributed by atoms with van der Waals surface area (Å²) in [6.07, 6.45) is 7.36. The number of rotatable bonds is 5. The van der Waals surface area contributed by atoms with Gasteiger partial charge in [0.25, 0.3) is 5.56 Å². The monoisotopic (exact) mass is 475 g/mol. The molecule has 0 aliphatic rings. The second-order valence-corrected chi connectivity index (χ2v) is 8.98. The summed E-state index contributed by atoms with van der Waals surface area (Å²) in [6, 6.07) is 19.5. The molecule has 0 spiro atoms. The Labute approximate surface area is 207 Å². The van der Waals surface area contributed by atoms with Gasteiger partial charge in [-0.05, 0) is 49.1 Å². The predicted molar refractivity (Wildman–Crippen MR) is 142 cm³/mol. The van der Waals surface area contributed by atoms with Gasteiger partial charge >= 0.3 is 0 Å². The molecule has 2 aromatic carbocycles. The van der Waals surface area contributed by atoms with Crippen LogP contribution in [-0.4, -0.2) is 28.9 Å². The molecule has 8 heteroatoms. The Balaban J connectivity index is 1.56. The Hall–Kier alpha value is -4.72. The van der Waals surface area contributed by atoms with Gasteiger partial charge in [-0.3, -0.25) is 14.0 Å². The number of imidazole rings is 1. The highest BCUT2D eigenvalue weighted by Gasteiger charge is 2.20. The van der Waals surface area contributed by atoms with Gasteiger partial charge in [-0.1, -0.05) is 36.4 Å². The molecule has 0 fully saturated rings. The van der Waals surface area contributed by atoms with Crippen LogP contribution in [0.25, 0.3) is 33.2 Å². The van der Waals surface area contributed by atoms with Crippen molar-refractivity contribution in [1.82, 2.24) is 28.9 Å². The summed E-state index contributed by atoms with van der Waals surface area (Å²) < 4.78 is 5.31. The zero-order valence-corrected chi connectivity index (χ0v) is 20.3. The largest absolute Gasteiger partial charge is 0.374 e. The van der Waals surface area contributed by atoms with Crippen molar-refractivity contribution in [2.45, 2.75) is 19.9 Å². The number of pyridine rings is 1. The molecule has 1 unspecified atom stereocenters. The van der Waals surface area contributed by atoms with Crippen LogP contribution in [0.3, 0.4) is 0 Å². The van der Waals surface area contributed by atoms with Crippen molar-refractivity contribution in [2.75, 3.05) is 5.32 Å². The minimum Gasteiger partial charge on any atom is -0.374 e. The topological polar surface area (TPSA) is 82.0 Å². The summed E-state index contributed by atoms with van der Waals surface area (Å²) in [5.74, 6) is 0.